The Balaban J connectivity index is 1.98. The second kappa shape index (κ2) is 4.97. The summed E-state index contributed by atoms with van der Waals surface area (Å²) in [5.74, 6) is 0. The third-order valence-corrected chi connectivity index (χ3v) is 4.34. The Morgan fingerprint density at radius 2 is 2.24 bits per heavy atom. The van der Waals surface area contributed by atoms with Crippen LogP contribution in [0.15, 0.2) is 24.4 Å². The first-order chi connectivity index (χ1) is 10.2. The molecule has 4 rings (SSSR count). The molecule has 108 valence electrons. The molecule has 2 aromatic heterocycles. The Bertz CT molecular complexity index is 821. The van der Waals surface area contributed by atoms with Crippen molar-refractivity contribution in [3.05, 3.63) is 35.1 Å². The molecule has 0 N–H and O–H groups in total. The minimum atomic E-state index is 0.0217. The summed E-state index contributed by atoms with van der Waals surface area (Å²) in [4.78, 5) is 4.54. The van der Waals surface area contributed by atoms with Crippen LogP contribution in [0.5, 0.6) is 0 Å². The average molecular weight is 302 g/mol. The summed E-state index contributed by atoms with van der Waals surface area (Å²) < 4.78 is 7.85. The lowest BCUT2D eigenvalue weighted by Gasteiger charge is -2.23. The molecular formula is C16H16ClN3O. The topological polar surface area (TPSA) is 39.9 Å². The lowest BCUT2D eigenvalue weighted by Crippen LogP contribution is -2.19. The van der Waals surface area contributed by atoms with E-state index in [1.807, 2.05) is 36.0 Å². The number of aromatic nitrogens is 3. The highest BCUT2D eigenvalue weighted by molar-refractivity contribution is 6.31. The van der Waals surface area contributed by atoms with Crippen LogP contribution in [0.2, 0.25) is 5.02 Å². The Morgan fingerprint density at radius 3 is 3.05 bits per heavy atom. The molecule has 1 aromatic carbocycles. The Morgan fingerprint density at radius 1 is 1.33 bits per heavy atom. The number of benzene rings is 1. The summed E-state index contributed by atoms with van der Waals surface area (Å²) in [6, 6.07) is 5.78. The van der Waals surface area contributed by atoms with Gasteiger partial charge in [-0.3, -0.25) is 4.98 Å². The van der Waals surface area contributed by atoms with Gasteiger partial charge in [0.2, 0.25) is 0 Å². The molecule has 0 radical (unpaired) electrons. The number of fused-ring (bicyclic) bond motifs is 3. The summed E-state index contributed by atoms with van der Waals surface area (Å²) in [5.41, 5.74) is 2.96. The van der Waals surface area contributed by atoms with Crippen LogP contribution in [0.3, 0.4) is 0 Å². The van der Waals surface area contributed by atoms with Crippen LogP contribution in [0.1, 0.15) is 31.2 Å². The van der Waals surface area contributed by atoms with E-state index in [0.717, 1.165) is 52.0 Å². The summed E-state index contributed by atoms with van der Waals surface area (Å²) in [6.45, 7) is 2.83. The van der Waals surface area contributed by atoms with E-state index in [9.17, 15) is 0 Å². The zero-order valence-electron chi connectivity index (χ0n) is 11.8. The van der Waals surface area contributed by atoms with Gasteiger partial charge in [-0.05, 0) is 44.4 Å². The number of ether oxygens (including phenoxy) is 1. The molecule has 0 spiro atoms. The first-order valence-electron chi connectivity index (χ1n) is 7.29. The number of pyridine rings is 1. The predicted molar refractivity (Wildman–Crippen MR) is 83.6 cm³/mol. The number of hydrogen-bond donors (Lipinski definition) is 0. The van der Waals surface area contributed by atoms with Gasteiger partial charge in [-0.2, -0.15) is 5.10 Å². The van der Waals surface area contributed by atoms with Gasteiger partial charge in [-0.15, -0.1) is 0 Å². The normalized spacial score (nSPS) is 19.4. The van der Waals surface area contributed by atoms with Crippen molar-refractivity contribution >= 4 is 33.4 Å². The fourth-order valence-corrected chi connectivity index (χ4v) is 3.28. The van der Waals surface area contributed by atoms with E-state index in [4.69, 9.17) is 21.4 Å². The van der Waals surface area contributed by atoms with E-state index >= 15 is 0 Å². The van der Waals surface area contributed by atoms with Gasteiger partial charge in [0, 0.05) is 22.4 Å². The monoisotopic (exact) mass is 301 g/mol. The molecule has 1 aliphatic rings. The summed E-state index contributed by atoms with van der Waals surface area (Å²) in [6.07, 6.45) is 5.23. The van der Waals surface area contributed by atoms with Gasteiger partial charge < -0.3 is 4.74 Å². The van der Waals surface area contributed by atoms with Crippen molar-refractivity contribution in [1.82, 2.24) is 14.8 Å². The van der Waals surface area contributed by atoms with Crippen LogP contribution >= 0.6 is 11.6 Å². The maximum Gasteiger partial charge on any atom is 0.150 e. The van der Waals surface area contributed by atoms with Gasteiger partial charge in [-0.1, -0.05) is 11.6 Å². The van der Waals surface area contributed by atoms with Crippen molar-refractivity contribution in [3.8, 4) is 0 Å². The van der Waals surface area contributed by atoms with Crippen LogP contribution in [-0.4, -0.2) is 21.4 Å². The Labute approximate surface area is 127 Å². The number of rotatable bonds is 1. The number of nitrogens with zero attached hydrogens (tertiary/aromatic N) is 3. The molecule has 1 atom stereocenters. The molecule has 3 heterocycles. The third kappa shape index (κ3) is 2.10. The second-order valence-corrected chi connectivity index (χ2v) is 5.97. The molecule has 21 heavy (non-hydrogen) atoms. The minimum absolute atomic E-state index is 0.0217. The van der Waals surface area contributed by atoms with Crippen LogP contribution in [0, 0.1) is 6.92 Å². The van der Waals surface area contributed by atoms with Crippen molar-refractivity contribution in [3.63, 3.8) is 0 Å². The quantitative estimate of drug-likeness (QED) is 0.675. The predicted octanol–water partition coefficient (Wildman–Crippen LogP) is 4.25. The largest absolute Gasteiger partial charge is 0.356 e. The highest BCUT2D eigenvalue weighted by atomic mass is 35.5. The maximum atomic E-state index is 6.15. The first kappa shape index (κ1) is 13.0. The number of halogens is 1. The van der Waals surface area contributed by atoms with Crippen molar-refractivity contribution in [1.29, 1.82) is 0 Å². The van der Waals surface area contributed by atoms with E-state index in [1.165, 1.54) is 6.42 Å². The molecular weight excluding hydrogens is 286 g/mol. The molecule has 1 unspecified atom stereocenters. The molecule has 4 nitrogen and oxygen atoms in total. The van der Waals surface area contributed by atoms with E-state index in [1.54, 1.807) is 0 Å². The average Bonchev–Trinajstić information content (AvgIpc) is 2.85. The Hall–Kier alpha value is -1.65. The van der Waals surface area contributed by atoms with Crippen LogP contribution < -0.4 is 0 Å². The molecule has 5 heteroatoms. The summed E-state index contributed by atoms with van der Waals surface area (Å²) in [7, 11) is 0. The van der Waals surface area contributed by atoms with Gasteiger partial charge in [0.1, 0.15) is 0 Å². The zero-order chi connectivity index (χ0) is 14.4. The summed E-state index contributed by atoms with van der Waals surface area (Å²) in [5, 5.41) is 7.60. The van der Waals surface area contributed by atoms with Crippen LogP contribution in [0.4, 0.5) is 0 Å². The molecule has 1 aliphatic heterocycles. The van der Waals surface area contributed by atoms with Gasteiger partial charge in [0.15, 0.2) is 6.23 Å². The van der Waals surface area contributed by atoms with Crippen LogP contribution in [0.25, 0.3) is 21.8 Å². The standard InChI is InChI=1S/C16H16ClN3O/c1-10-16-12-8-11(17)5-6-13(12)18-9-14(16)20(19-10)15-4-2-3-7-21-15/h5-6,8-9,15H,2-4,7H2,1H3. The van der Waals surface area contributed by atoms with Gasteiger partial charge in [-0.25, -0.2) is 4.68 Å². The van der Waals surface area contributed by atoms with Crippen molar-refractivity contribution < 1.29 is 4.74 Å². The number of aryl methyl sites for hydroxylation is 1. The highest BCUT2D eigenvalue weighted by Gasteiger charge is 2.21. The van der Waals surface area contributed by atoms with Gasteiger partial charge >= 0.3 is 0 Å². The van der Waals surface area contributed by atoms with Gasteiger partial charge in [0.05, 0.1) is 22.9 Å². The van der Waals surface area contributed by atoms with Gasteiger partial charge in [0.25, 0.3) is 0 Å². The fraction of sp³-hybridized carbons (Fsp3) is 0.375. The smallest absolute Gasteiger partial charge is 0.150 e. The molecule has 0 aliphatic carbocycles. The van der Waals surface area contributed by atoms with Crippen molar-refractivity contribution in [2.45, 2.75) is 32.4 Å². The molecule has 0 saturated carbocycles. The second-order valence-electron chi connectivity index (χ2n) is 5.53. The van der Waals surface area contributed by atoms with Crippen molar-refractivity contribution in [2.24, 2.45) is 0 Å². The maximum absolute atomic E-state index is 6.15. The van der Waals surface area contributed by atoms with E-state index in [0.29, 0.717) is 0 Å². The highest BCUT2D eigenvalue weighted by Crippen LogP contribution is 2.32. The van der Waals surface area contributed by atoms with E-state index in [2.05, 4.69) is 4.98 Å². The van der Waals surface area contributed by atoms with Crippen molar-refractivity contribution in [2.75, 3.05) is 6.61 Å². The van der Waals surface area contributed by atoms with Crippen LogP contribution in [-0.2, 0) is 4.74 Å². The fourth-order valence-electron chi connectivity index (χ4n) is 3.11. The lowest BCUT2D eigenvalue weighted by atomic mass is 10.1. The summed E-state index contributed by atoms with van der Waals surface area (Å²) >= 11 is 6.15. The Kier molecular flexibility index (Phi) is 3.08. The first-order valence-corrected chi connectivity index (χ1v) is 7.66. The van der Waals surface area contributed by atoms with E-state index < -0.39 is 0 Å². The third-order valence-electron chi connectivity index (χ3n) is 4.10. The molecule has 0 amide bonds. The lowest BCUT2D eigenvalue weighted by molar-refractivity contribution is -0.0368. The molecule has 1 fully saturated rings. The molecule has 0 bridgehead atoms. The SMILES string of the molecule is Cc1nn(C2CCCCO2)c2cnc3ccc(Cl)cc3c12. The molecule has 3 aromatic rings. The van der Waals surface area contributed by atoms with E-state index in [-0.39, 0.29) is 6.23 Å². The minimum Gasteiger partial charge on any atom is -0.356 e. The zero-order valence-corrected chi connectivity index (χ0v) is 12.6. The molecule has 1 saturated heterocycles. The number of hydrogen-bond acceptors (Lipinski definition) is 3.